The third-order valence-electron chi connectivity index (χ3n) is 6.79. The lowest BCUT2D eigenvalue weighted by molar-refractivity contribution is -0.117. The number of carbonyl (C=O) groups excluding carboxylic acids is 1. The van der Waals surface area contributed by atoms with Gasteiger partial charge in [0.05, 0.1) is 17.9 Å². The van der Waals surface area contributed by atoms with Crippen LogP contribution in [0.15, 0.2) is 42.7 Å². The monoisotopic (exact) mass is 466 g/mol. The zero-order chi connectivity index (χ0) is 23.8. The van der Waals surface area contributed by atoms with Crippen LogP contribution in [0.2, 0.25) is 0 Å². The van der Waals surface area contributed by atoms with Crippen molar-refractivity contribution in [2.45, 2.75) is 51.6 Å². The minimum absolute atomic E-state index is 0.0429. The number of hydrogen-bond donors (Lipinski definition) is 1. The molecule has 3 heterocycles. The van der Waals surface area contributed by atoms with Crippen molar-refractivity contribution in [3.8, 4) is 22.6 Å². The quantitative estimate of drug-likeness (QED) is 0.572. The number of nitrogens with zero attached hydrogens (tertiary/aromatic N) is 3. The minimum Gasteiger partial charge on any atom is -0.456 e. The van der Waals surface area contributed by atoms with Crippen LogP contribution in [0.25, 0.3) is 11.1 Å². The Labute approximate surface area is 197 Å². The highest BCUT2D eigenvalue weighted by Gasteiger charge is 2.30. The predicted molar refractivity (Wildman–Crippen MR) is 126 cm³/mol. The number of nitrogens with one attached hydrogen (secondary N) is 1. The number of ether oxygens (including phenoxy) is 1. The van der Waals surface area contributed by atoms with Crippen molar-refractivity contribution >= 4 is 11.6 Å². The maximum Gasteiger partial charge on any atom is 0.224 e. The van der Waals surface area contributed by atoms with Crippen LogP contribution in [0, 0.1) is 11.6 Å². The lowest BCUT2D eigenvalue weighted by Crippen LogP contribution is -2.40. The van der Waals surface area contributed by atoms with Gasteiger partial charge in [0.2, 0.25) is 5.91 Å². The number of piperidine rings is 1. The molecule has 178 valence electrons. The number of aromatic nitrogens is 2. The SMILES string of the molecule is CC(=O)N1c2ccc(-c3cnn(C4CCNCC4)c3)c(Oc3ccc(F)c(F)c3)c2CCC1C. The van der Waals surface area contributed by atoms with E-state index < -0.39 is 11.6 Å². The van der Waals surface area contributed by atoms with Crippen molar-refractivity contribution in [1.82, 2.24) is 15.1 Å². The zero-order valence-corrected chi connectivity index (χ0v) is 19.4. The van der Waals surface area contributed by atoms with Gasteiger partial charge in [-0.3, -0.25) is 9.48 Å². The van der Waals surface area contributed by atoms with Gasteiger partial charge in [-0.05, 0) is 70.0 Å². The van der Waals surface area contributed by atoms with Crippen molar-refractivity contribution in [3.05, 3.63) is 59.9 Å². The van der Waals surface area contributed by atoms with E-state index in [1.807, 2.05) is 36.1 Å². The molecule has 1 N–H and O–H groups in total. The standard InChI is InChI=1S/C26H28F2N4O2/c1-16-3-5-22-25(32(16)17(2)33)8-6-21(26(22)34-20-4-7-23(27)24(28)13-20)18-14-30-31(15-18)19-9-11-29-12-10-19/h4,6-8,13-16,19,29H,3,5,9-12H2,1-2H3. The summed E-state index contributed by atoms with van der Waals surface area (Å²) in [6.45, 7) is 5.50. The molecule has 2 aliphatic rings. The van der Waals surface area contributed by atoms with Gasteiger partial charge < -0.3 is 15.0 Å². The van der Waals surface area contributed by atoms with Crippen LogP contribution in [-0.2, 0) is 11.2 Å². The number of benzene rings is 2. The lowest BCUT2D eigenvalue weighted by Gasteiger charge is -2.36. The number of amides is 1. The third kappa shape index (κ3) is 4.18. The van der Waals surface area contributed by atoms with Gasteiger partial charge >= 0.3 is 0 Å². The molecule has 0 aliphatic carbocycles. The van der Waals surface area contributed by atoms with Crippen LogP contribution in [-0.4, -0.2) is 34.8 Å². The maximum atomic E-state index is 13.9. The van der Waals surface area contributed by atoms with E-state index in [0.717, 1.165) is 66.9 Å². The highest BCUT2D eigenvalue weighted by atomic mass is 19.2. The van der Waals surface area contributed by atoms with E-state index in [9.17, 15) is 13.6 Å². The molecule has 0 saturated carbocycles. The second-order valence-electron chi connectivity index (χ2n) is 9.08. The number of fused-ring (bicyclic) bond motifs is 1. The van der Waals surface area contributed by atoms with E-state index in [-0.39, 0.29) is 17.7 Å². The fraction of sp³-hybridized carbons (Fsp3) is 0.385. The fourth-order valence-electron chi connectivity index (χ4n) is 5.03. The van der Waals surface area contributed by atoms with Gasteiger partial charge in [0.15, 0.2) is 11.6 Å². The molecule has 0 radical (unpaired) electrons. The Morgan fingerprint density at radius 2 is 1.91 bits per heavy atom. The molecule has 34 heavy (non-hydrogen) atoms. The van der Waals surface area contributed by atoms with Gasteiger partial charge in [-0.25, -0.2) is 8.78 Å². The second-order valence-corrected chi connectivity index (χ2v) is 9.08. The number of carbonyl (C=O) groups is 1. The predicted octanol–water partition coefficient (Wildman–Crippen LogP) is 5.23. The van der Waals surface area contributed by atoms with E-state index in [1.165, 1.54) is 6.07 Å². The first-order valence-corrected chi connectivity index (χ1v) is 11.8. The number of halogens is 2. The average Bonchev–Trinajstić information content (AvgIpc) is 3.32. The molecule has 2 aliphatic heterocycles. The highest BCUT2D eigenvalue weighted by molar-refractivity contribution is 5.95. The van der Waals surface area contributed by atoms with Gasteiger partial charge in [0.25, 0.3) is 0 Å². The van der Waals surface area contributed by atoms with Crippen LogP contribution in [0.1, 0.15) is 44.7 Å². The van der Waals surface area contributed by atoms with Crippen molar-refractivity contribution in [2.24, 2.45) is 0 Å². The molecule has 3 aromatic rings. The highest BCUT2D eigenvalue weighted by Crippen LogP contribution is 2.45. The summed E-state index contributed by atoms with van der Waals surface area (Å²) in [4.78, 5) is 14.2. The molecule has 2 aromatic carbocycles. The Morgan fingerprint density at radius 3 is 2.65 bits per heavy atom. The van der Waals surface area contributed by atoms with Crippen LogP contribution < -0.4 is 15.0 Å². The summed E-state index contributed by atoms with van der Waals surface area (Å²) in [5.41, 5.74) is 3.36. The minimum atomic E-state index is -0.971. The Kier molecular flexibility index (Phi) is 6.08. The summed E-state index contributed by atoms with van der Waals surface area (Å²) >= 11 is 0. The van der Waals surface area contributed by atoms with Crippen molar-refractivity contribution in [1.29, 1.82) is 0 Å². The Bertz CT molecular complexity index is 1220. The van der Waals surface area contributed by atoms with Crippen molar-refractivity contribution in [2.75, 3.05) is 18.0 Å². The Balaban J connectivity index is 1.60. The molecule has 0 bridgehead atoms. The third-order valence-corrected chi connectivity index (χ3v) is 6.79. The molecule has 1 amide bonds. The van der Waals surface area contributed by atoms with Gasteiger partial charge in [-0.2, -0.15) is 5.10 Å². The van der Waals surface area contributed by atoms with Gasteiger partial charge in [0.1, 0.15) is 11.5 Å². The topological polar surface area (TPSA) is 59.4 Å². The second kappa shape index (κ2) is 9.18. The van der Waals surface area contributed by atoms with Crippen molar-refractivity contribution in [3.63, 3.8) is 0 Å². The fourth-order valence-corrected chi connectivity index (χ4v) is 5.03. The summed E-state index contributed by atoms with van der Waals surface area (Å²) in [7, 11) is 0. The van der Waals surface area contributed by atoms with E-state index in [1.54, 1.807) is 11.8 Å². The molecule has 6 nitrogen and oxygen atoms in total. The molecule has 8 heteroatoms. The van der Waals surface area contributed by atoms with Crippen molar-refractivity contribution < 1.29 is 18.3 Å². The summed E-state index contributed by atoms with van der Waals surface area (Å²) in [5, 5.41) is 7.98. The van der Waals surface area contributed by atoms with E-state index >= 15 is 0 Å². The van der Waals surface area contributed by atoms with Gasteiger partial charge in [-0.1, -0.05) is 0 Å². The molecular weight excluding hydrogens is 438 g/mol. The molecule has 1 saturated heterocycles. The van der Waals surface area contributed by atoms with Gasteiger partial charge in [0, 0.05) is 41.9 Å². The first kappa shape index (κ1) is 22.5. The zero-order valence-electron chi connectivity index (χ0n) is 19.4. The smallest absolute Gasteiger partial charge is 0.224 e. The number of anilines is 1. The molecule has 5 rings (SSSR count). The molecule has 1 atom stereocenters. The number of rotatable bonds is 4. The summed E-state index contributed by atoms with van der Waals surface area (Å²) in [5.74, 6) is -1.19. The lowest BCUT2D eigenvalue weighted by atomic mass is 9.92. The Morgan fingerprint density at radius 1 is 1.12 bits per heavy atom. The Hall–Kier alpha value is -3.26. The van der Waals surface area contributed by atoms with E-state index in [0.29, 0.717) is 18.2 Å². The van der Waals surface area contributed by atoms with E-state index in [2.05, 4.69) is 10.4 Å². The maximum absolute atomic E-state index is 13.9. The molecule has 1 unspecified atom stereocenters. The van der Waals surface area contributed by atoms with Crippen LogP contribution in [0.3, 0.4) is 0 Å². The average molecular weight is 467 g/mol. The molecular formula is C26H28F2N4O2. The molecule has 0 spiro atoms. The summed E-state index contributed by atoms with van der Waals surface area (Å²) in [6.07, 6.45) is 7.33. The van der Waals surface area contributed by atoms with E-state index in [4.69, 9.17) is 4.74 Å². The largest absolute Gasteiger partial charge is 0.456 e. The first-order valence-electron chi connectivity index (χ1n) is 11.8. The summed E-state index contributed by atoms with van der Waals surface area (Å²) < 4.78 is 35.7. The molecule has 1 aromatic heterocycles. The van der Waals surface area contributed by atoms with Gasteiger partial charge in [-0.15, -0.1) is 0 Å². The number of hydrogen-bond acceptors (Lipinski definition) is 4. The normalized spacial score (nSPS) is 18.6. The van der Waals surface area contributed by atoms with Crippen LogP contribution >= 0.6 is 0 Å². The first-order chi connectivity index (χ1) is 16.4. The summed E-state index contributed by atoms with van der Waals surface area (Å²) in [6, 6.07) is 7.78. The molecule has 1 fully saturated rings. The van der Waals surface area contributed by atoms with Crippen LogP contribution in [0.5, 0.6) is 11.5 Å². The van der Waals surface area contributed by atoms with Crippen LogP contribution in [0.4, 0.5) is 14.5 Å².